The van der Waals surface area contributed by atoms with Gasteiger partial charge in [-0.15, -0.1) is 22.0 Å². The van der Waals surface area contributed by atoms with Crippen LogP contribution < -0.4 is 5.32 Å². The topological polar surface area (TPSA) is 73.3 Å². The van der Waals surface area contributed by atoms with Crippen LogP contribution in [-0.2, 0) is 16.1 Å². The molecule has 0 aliphatic rings. The molecule has 23 heavy (non-hydrogen) atoms. The van der Waals surface area contributed by atoms with Crippen molar-refractivity contribution in [3.63, 3.8) is 0 Å². The number of carbonyl (C=O) groups is 1. The number of rotatable bonds is 9. The van der Waals surface area contributed by atoms with E-state index in [0.29, 0.717) is 30.5 Å². The van der Waals surface area contributed by atoms with Gasteiger partial charge in [0.05, 0.1) is 12.2 Å². The van der Waals surface area contributed by atoms with E-state index >= 15 is 0 Å². The zero-order chi connectivity index (χ0) is 16.5. The summed E-state index contributed by atoms with van der Waals surface area (Å²) < 4.78 is 10.3. The van der Waals surface area contributed by atoms with Crippen molar-refractivity contribution in [2.75, 3.05) is 31.4 Å². The van der Waals surface area contributed by atoms with Crippen molar-refractivity contribution in [1.29, 1.82) is 0 Å². The zero-order valence-corrected chi connectivity index (χ0v) is 14.7. The molecule has 0 saturated carbocycles. The number of carbonyl (C=O) groups excluding carboxylic acids is 1. The Bertz CT molecular complexity index is 634. The van der Waals surface area contributed by atoms with E-state index in [9.17, 15) is 4.79 Å². The SMILES string of the molecule is CCOCc1nnc(NC(=O)c2ccccc2SCCOC)s1. The van der Waals surface area contributed by atoms with E-state index in [0.717, 1.165) is 15.7 Å². The Morgan fingerprint density at radius 3 is 2.96 bits per heavy atom. The van der Waals surface area contributed by atoms with Crippen LogP contribution >= 0.6 is 23.1 Å². The number of benzene rings is 1. The second-order valence-corrected chi connectivity index (χ2v) is 6.63. The zero-order valence-electron chi connectivity index (χ0n) is 13.1. The minimum Gasteiger partial charge on any atom is -0.384 e. The molecule has 6 nitrogen and oxygen atoms in total. The number of methoxy groups -OCH3 is 1. The van der Waals surface area contributed by atoms with Gasteiger partial charge in [-0.05, 0) is 19.1 Å². The van der Waals surface area contributed by atoms with Gasteiger partial charge in [-0.3, -0.25) is 10.1 Å². The Hall–Kier alpha value is -1.48. The quantitative estimate of drug-likeness (QED) is 0.552. The van der Waals surface area contributed by atoms with Gasteiger partial charge in [0.2, 0.25) is 5.13 Å². The molecular weight excluding hydrogens is 334 g/mol. The summed E-state index contributed by atoms with van der Waals surface area (Å²) in [6.07, 6.45) is 0. The highest BCUT2D eigenvalue weighted by Crippen LogP contribution is 2.24. The van der Waals surface area contributed by atoms with Crippen molar-refractivity contribution < 1.29 is 14.3 Å². The number of nitrogens with one attached hydrogen (secondary N) is 1. The smallest absolute Gasteiger partial charge is 0.258 e. The lowest BCUT2D eigenvalue weighted by molar-refractivity contribution is 0.102. The van der Waals surface area contributed by atoms with Crippen LogP contribution in [0.25, 0.3) is 0 Å². The van der Waals surface area contributed by atoms with Gasteiger partial charge in [-0.1, -0.05) is 23.5 Å². The van der Waals surface area contributed by atoms with Crippen LogP contribution in [0.4, 0.5) is 5.13 Å². The molecule has 0 bridgehead atoms. The summed E-state index contributed by atoms with van der Waals surface area (Å²) in [4.78, 5) is 13.4. The number of amides is 1. The lowest BCUT2D eigenvalue weighted by Crippen LogP contribution is -2.13. The lowest BCUT2D eigenvalue weighted by atomic mass is 10.2. The van der Waals surface area contributed by atoms with Crippen molar-refractivity contribution in [3.05, 3.63) is 34.8 Å². The first-order chi connectivity index (χ1) is 11.2. The summed E-state index contributed by atoms with van der Waals surface area (Å²) in [6, 6.07) is 7.48. The average Bonchev–Trinajstić information content (AvgIpc) is 3.01. The normalized spacial score (nSPS) is 10.7. The molecule has 0 spiro atoms. The Morgan fingerprint density at radius 1 is 1.35 bits per heavy atom. The van der Waals surface area contributed by atoms with Gasteiger partial charge in [0.1, 0.15) is 11.6 Å². The molecule has 8 heteroatoms. The molecule has 0 radical (unpaired) electrons. The molecule has 1 N–H and O–H groups in total. The Morgan fingerprint density at radius 2 is 2.17 bits per heavy atom. The van der Waals surface area contributed by atoms with E-state index in [4.69, 9.17) is 9.47 Å². The first-order valence-corrected chi connectivity index (χ1v) is 8.97. The predicted molar refractivity (Wildman–Crippen MR) is 92.2 cm³/mol. The monoisotopic (exact) mass is 353 g/mol. The second-order valence-electron chi connectivity index (χ2n) is 4.43. The average molecular weight is 353 g/mol. The molecule has 0 fully saturated rings. The van der Waals surface area contributed by atoms with Gasteiger partial charge in [0.15, 0.2) is 0 Å². The minimum absolute atomic E-state index is 0.190. The maximum absolute atomic E-state index is 12.4. The molecule has 0 aliphatic heterocycles. The van der Waals surface area contributed by atoms with Crippen LogP contribution in [0.1, 0.15) is 22.3 Å². The molecule has 1 amide bonds. The standard InChI is InChI=1S/C15H19N3O3S2/c1-3-21-10-13-17-18-15(23-13)16-14(19)11-6-4-5-7-12(11)22-9-8-20-2/h4-7H,3,8-10H2,1-2H3,(H,16,18,19). The third-order valence-corrected chi connectivity index (χ3v) is 4.64. The summed E-state index contributed by atoms with van der Waals surface area (Å²) in [5, 5.41) is 12.0. The molecule has 1 heterocycles. The molecule has 0 atom stereocenters. The Kier molecular flexibility index (Phi) is 7.47. The molecule has 0 saturated heterocycles. The molecule has 1 aromatic carbocycles. The second kappa shape index (κ2) is 9.61. The van der Waals surface area contributed by atoms with Crippen LogP contribution in [0.3, 0.4) is 0 Å². The fourth-order valence-corrected chi connectivity index (χ4v) is 3.36. The number of hydrogen-bond acceptors (Lipinski definition) is 7. The Labute approximate surface area is 143 Å². The molecule has 0 unspecified atom stereocenters. The third-order valence-electron chi connectivity index (χ3n) is 2.79. The summed E-state index contributed by atoms with van der Waals surface area (Å²) >= 11 is 2.91. The van der Waals surface area contributed by atoms with Gasteiger partial charge in [0.25, 0.3) is 5.91 Å². The van der Waals surface area contributed by atoms with Crippen molar-refractivity contribution in [2.45, 2.75) is 18.4 Å². The number of thioether (sulfide) groups is 1. The largest absolute Gasteiger partial charge is 0.384 e. The van der Waals surface area contributed by atoms with Crippen molar-refractivity contribution in [3.8, 4) is 0 Å². The van der Waals surface area contributed by atoms with Crippen molar-refractivity contribution in [1.82, 2.24) is 10.2 Å². The first kappa shape index (κ1) is 17.9. The van der Waals surface area contributed by atoms with Gasteiger partial charge in [-0.2, -0.15) is 0 Å². The van der Waals surface area contributed by atoms with E-state index in [-0.39, 0.29) is 5.91 Å². The van der Waals surface area contributed by atoms with Crippen LogP contribution in [0.5, 0.6) is 0 Å². The van der Waals surface area contributed by atoms with Gasteiger partial charge < -0.3 is 9.47 Å². The number of anilines is 1. The van der Waals surface area contributed by atoms with E-state index < -0.39 is 0 Å². The number of nitrogens with zero attached hydrogens (tertiary/aromatic N) is 2. The highest BCUT2D eigenvalue weighted by Gasteiger charge is 2.14. The van der Waals surface area contributed by atoms with Crippen LogP contribution in [0.2, 0.25) is 0 Å². The van der Waals surface area contributed by atoms with Crippen molar-refractivity contribution >= 4 is 34.1 Å². The Balaban J connectivity index is 2.01. The maximum atomic E-state index is 12.4. The summed E-state index contributed by atoms with van der Waals surface area (Å²) in [5.74, 6) is 0.600. The predicted octanol–water partition coefficient (Wildman–Crippen LogP) is 3.07. The molecule has 1 aromatic heterocycles. The molecular formula is C15H19N3O3S2. The number of ether oxygens (including phenoxy) is 2. The van der Waals surface area contributed by atoms with E-state index in [2.05, 4.69) is 15.5 Å². The third kappa shape index (κ3) is 5.58. The van der Waals surface area contributed by atoms with Gasteiger partial charge in [0, 0.05) is 24.4 Å². The molecule has 2 rings (SSSR count). The molecule has 2 aromatic rings. The minimum atomic E-state index is -0.190. The fraction of sp³-hybridized carbons (Fsp3) is 0.400. The summed E-state index contributed by atoms with van der Waals surface area (Å²) in [5.41, 5.74) is 0.621. The van der Waals surface area contributed by atoms with E-state index in [1.165, 1.54) is 11.3 Å². The van der Waals surface area contributed by atoms with Crippen molar-refractivity contribution in [2.24, 2.45) is 0 Å². The number of hydrogen-bond donors (Lipinski definition) is 1. The number of aromatic nitrogens is 2. The van der Waals surface area contributed by atoms with Crippen LogP contribution in [0.15, 0.2) is 29.2 Å². The van der Waals surface area contributed by atoms with Crippen LogP contribution in [0, 0.1) is 0 Å². The van der Waals surface area contributed by atoms with E-state index in [1.807, 2.05) is 25.1 Å². The lowest BCUT2D eigenvalue weighted by Gasteiger charge is -2.08. The van der Waals surface area contributed by atoms with Gasteiger partial charge in [-0.25, -0.2) is 0 Å². The van der Waals surface area contributed by atoms with Gasteiger partial charge >= 0.3 is 0 Å². The maximum Gasteiger partial charge on any atom is 0.258 e. The molecule has 0 aliphatic carbocycles. The highest BCUT2D eigenvalue weighted by molar-refractivity contribution is 7.99. The summed E-state index contributed by atoms with van der Waals surface area (Å²) in [7, 11) is 1.66. The van der Waals surface area contributed by atoms with E-state index in [1.54, 1.807) is 24.9 Å². The van der Waals surface area contributed by atoms with Crippen LogP contribution in [-0.4, -0.2) is 42.2 Å². The molecule has 124 valence electrons. The fourth-order valence-electron chi connectivity index (χ4n) is 1.73. The highest BCUT2D eigenvalue weighted by atomic mass is 32.2. The first-order valence-electron chi connectivity index (χ1n) is 7.16. The summed E-state index contributed by atoms with van der Waals surface area (Å²) in [6.45, 7) is 3.58.